The van der Waals surface area contributed by atoms with E-state index in [1.54, 1.807) is 7.11 Å². The van der Waals surface area contributed by atoms with Gasteiger partial charge in [-0.05, 0) is 109 Å². The molecule has 2 N–H and O–H groups in total. The molecule has 13 nitrogen and oxygen atoms in total. The van der Waals surface area contributed by atoms with Gasteiger partial charge in [-0.2, -0.15) is 0 Å². The van der Waals surface area contributed by atoms with Crippen molar-refractivity contribution in [3.8, 4) is 28.1 Å². The van der Waals surface area contributed by atoms with Crippen molar-refractivity contribution in [3.05, 3.63) is 65.6 Å². The Kier molecular flexibility index (Phi) is 9.49. The third-order valence-corrected chi connectivity index (χ3v) is 12.4. The topological polar surface area (TPSA) is 148 Å². The number of hydrogen-bond donors (Lipinski definition) is 2. The first kappa shape index (κ1) is 38.1. The molecule has 5 heterocycles. The summed E-state index contributed by atoms with van der Waals surface area (Å²) in [5, 5.41) is 4.96. The molecule has 4 aromatic rings. The highest BCUT2D eigenvalue weighted by atomic mass is 16.6. The number of H-pyrrole nitrogens is 1. The van der Waals surface area contributed by atoms with Crippen LogP contribution in [0.4, 0.5) is 15.3 Å². The van der Waals surface area contributed by atoms with E-state index in [0.717, 1.165) is 86.5 Å². The molecule has 1 aliphatic carbocycles. The molecule has 1 saturated carbocycles. The molecule has 58 heavy (non-hydrogen) atoms. The molecule has 3 aromatic carbocycles. The third kappa shape index (κ3) is 6.86. The maximum Gasteiger partial charge on any atom is 0.410 e. The van der Waals surface area contributed by atoms with Gasteiger partial charge in [0.05, 0.1) is 43.4 Å². The summed E-state index contributed by atoms with van der Waals surface area (Å²) < 4.78 is 22.6. The summed E-state index contributed by atoms with van der Waals surface area (Å²) >= 11 is 0. The molecule has 0 radical (unpaired) electrons. The van der Waals surface area contributed by atoms with Crippen molar-refractivity contribution in [2.45, 2.75) is 96.7 Å². The molecule has 2 saturated heterocycles. The second kappa shape index (κ2) is 14.4. The average molecular weight is 789 g/mol. The van der Waals surface area contributed by atoms with Crippen LogP contribution in [0.25, 0.3) is 33.2 Å². The van der Waals surface area contributed by atoms with Gasteiger partial charge in [0.25, 0.3) is 0 Å². The van der Waals surface area contributed by atoms with Gasteiger partial charge in [0.15, 0.2) is 0 Å². The van der Waals surface area contributed by atoms with Gasteiger partial charge in [-0.3, -0.25) is 14.7 Å². The number of carbonyl (C=O) groups excluding carboxylic acids is 3. The van der Waals surface area contributed by atoms with Crippen LogP contribution in [0.2, 0.25) is 0 Å². The number of ether oxygens (including phenoxy) is 4. The summed E-state index contributed by atoms with van der Waals surface area (Å²) in [6.45, 7) is 11.1. The number of hydrogen-bond acceptors (Lipinski definition) is 9. The number of nitrogens with zero attached hydrogens (tertiary/aromatic N) is 4. The standard InChI is InChI=1S/C45H52N6O7/c1-23(2)40(49-43(53)56-7)42(52)51-36-15-27(36)16-38(51)41-46-19-35(48-41)26-8-10-29-28(13-26)22-57-39-18-30-25(14-32(29)39)9-11-33-31(30)17-34(47-33)37-12-24(21-55-6)20-50(37)44(54)58-45(3,4)5/h8-11,13-14,18-19,23-24,27,36-38,40H,12,15-17,20-22H2,1-7H3,(H,46,48)(H,49,53)/t24-,27+,36+,37-,38-,40-/m0/s1. The van der Waals surface area contributed by atoms with Gasteiger partial charge >= 0.3 is 12.2 Å². The first-order chi connectivity index (χ1) is 27.8. The first-order valence-electron chi connectivity index (χ1n) is 20.4. The molecular formula is C45H52N6O7. The lowest BCUT2D eigenvalue weighted by Crippen LogP contribution is -2.52. The maximum atomic E-state index is 13.9. The van der Waals surface area contributed by atoms with E-state index < -0.39 is 17.7 Å². The fraction of sp³-hybridized carbons (Fsp3) is 0.489. The van der Waals surface area contributed by atoms with Crippen LogP contribution >= 0.6 is 0 Å². The van der Waals surface area contributed by atoms with Crippen molar-refractivity contribution >= 4 is 40.3 Å². The van der Waals surface area contributed by atoms with Gasteiger partial charge in [0.2, 0.25) is 5.91 Å². The van der Waals surface area contributed by atoms with E-state index in [1.165, 1.54) is 7.11 Å². The molecular weight excluding hydrogens is 737 g/mol. The molecule has 5 aliphatic rings. The molecule has 4 aliphatic heterocycles. The smallest absolute Gasteiger partial charge is 0.410 e. The largest absolute Gasteiger partial charge is 0.488 e. The fourth-order valence-electron chi connectivity index (χ4n) is 9.54. The third-order valence-electron chi connectivity index (χ3n) is 12.4. The number of methoxy groups -OCH3 is 2. The summed E-state index contributed by atoms with van der Waals surface area (Å²) in [6.07, 6.45) is 4.16. The Morgan fingerprint density at radius 3 is 2.60 bits per heavy atom. The van der Waals surface area contributed by atoms with E-state index in [-0.39, 0.29) is 42.0 Å². The fourth-order valence-corrected chi connectivity index (χ4v) is 9.54. The molecule has 0 bridgehead atoms. The Balaban J connectivity index is 0.944. The van der Waals surface area contributed by atoms with Crippen LogP contribution in [-0.2, 0) is 32.0 Å². The lowest BCUT2D eigenvalue weighted by Gasteiger charge is -2.31. The summed E-state index contributed by atoms with van der Waals surface area (Å²) in [7, 11) is 3.01. The van der Waals surface area contributed by atoms with Crippen LogP contribution in [0.3, 0.4) is 0 Å². The zero-order valence-corrected chi connectivity index (χ0v) is 34.3. The van der Waals surface area contributed by atoms with Crippen LogP contribution in [0.15, 0.2) is 53.7 Å². The minimum Gasteiger partial charge on any atom is -0.488 e. The van der Waals surface area contributed by atoms with Gasteiger partial charge in [0.1, 0.15) is 29.8 Å². The average Bonchev–Trinajstić information content (AvgIpc) is 3.66. The van der Waals surface area contributed by atoms with Crippen molar-refractivity contribution in [1.82, 2.24) is 25.1 Å². The molecule has 0 spiro atoms. The second-order valence-corrected chi connectivity index (χ2v) is 17.9. The summed E-state index contributed by atoms with van der Waals surface area (Å²) in [5.41, 5.74) is 7.56. The number of aromatic nitrogens is 2. The number of fused-ring (bicyclic) bond motifs is 7. The molecule has 3 amide bonds. The van der Waals surface area contributed by atoms with E-state index >= 15 is 0 Å². The number of piperidine rings is 1. The number of rotatable bonds is 8. The lowest BCUT2D eigenvalue weighted by molar-refractivity contribution is -0.136. The molecule has 9 rings (SSSR count). The summed E-state index contributed by atoms with van der Waals surface area (Å²) in [6, 6.07) is 14.1. The Morgan fingerprint density at radius 1 is 1.02 bits per heavy atom. The van der Waals surface area contributed by atoms with Gasteiger partial charge in [-0.1, -0.05) is 32.0 Å². The minimum atomic E-state index is -0.681. The predicted octanol–water partition coefficient (Wildman–Crippen LogP) is 7.73. The zero-order valence-electron chi connectivity index (χ0n) is 34.3. The van der Waals surface area contributed by atoms with E-state index in [2.05, 4.69) is 52.8 Å². The Bertz CT molecular complexity index is 2340. The van der Waals surface area contributed by atoms with Gasteiger partial charge in [-0.15, -0.1) is 0 Å². The van der Waals surface area contributed by atoms with Gasteiger partial charge < -0.3 is 34.1 Å². The van der Waals surface area contributed by atoms with E-state index in [9.17, 15) is 14.4 Å². The molecule has 13 heteroatoms. The van der Waals surface area contributed by atoms with Crippen molar-refractivity contribution in [3.63, 3.8) is 0 Å². The van der Waals surface area contributed by atoms with E-state index in [1.807, 2.05) is 50.6 Å². The molecule has 0 unspecified atom stereocenters. The minimum absolute atomic E-state index is 0.0990. The SMILES string of the molecule is COC[C@H]1C[C@@H](C2=Nc3ccc4cc5c(cc4c3C2)OCc2cc(-c3cnc([C@@H]4C[C@H]6C[C@H]6N4C(=O)[C@@H](NC(=O)OC)C(C)C)[nH]3)ccc2-5)N(C(=O)OC(C)(C)C)C1. The number of imidazole rings is 1. The number of nitrogens with one attached hydrogen (secondary N) is 2. The van der Waals surface area contributed by atoms with Crippen LogP contribution in [0.5, 0.6) is 5.75 Å². The van der Waals surface area contributed by atoms with Gasteiger partial charge in [0, 0.05) is 43.3 Å². The highest BCUT2D eigenvalue weighted by Crippen LogP contribution is 2.53. The zero-order chi connectivity index (χ0) is 40.6. The Labute approximate surface area is 338 Å². The van der Waals surface area contributed by atoms with Gasteiger partial charge in [-0.25, -0.2) is 14.6 Å². The normalized spacial score (nSPS) is 23.4. The first-order valence-corrected chi connectivity index (χ1v) is 20.4. The van der Waals surface area contributed by atoms with Crippen LogP contribution in [-0.4, -0.2) is 94.7 Å². The molecule has 6 atom stereocenters. The second-order valence-electron chi connectivity index (χ2n) is 17.9. The summed E-state index contributed by atoms with van der Waals surface area (Å²) in [4.78, 5) is 56.5. The number of aromatic amines is 1. The Morgan fingerprint density at radius 2 is 1.84 bits per heavy atom. The number of amides is 3. The van der Waals surface area contributed by atoms with Crippen molar-refractivity contribution in [2.75, 3.05) is 27.4 Å². The Hall–Kier alpha value is -5.43. The maximum absolute atomic E-state index is 13.9. The number of benzene rings is 3. The highest BCUT2D eigenvalue weighted by molar-refractivity contribution is 6.06. The number of alkyl carbamates (subject to hydrolysis) is 1. The monoisotopic (exact) mass is 788 g/mol. The van der Waals surface area contributed by atoms with E-state index in [0.29, 0.717) is 32.1 Å². The van der Waals surface area contributed by atoms with Crippen molar-refractivity contribution in [2.24, 2.45) is 22.7 Å². The molecule has 304 valence electrons. The molecule has 3 fully saturated rings. The van der Waals surface area contributed by atoms with Crippen LogP contribution < -0.4 is 10.1 Å². The molecule has 1 aromatic heterocycles. The van der Waals surface area contributed by atoms with Crippen molar-refractivity contribution in [1.29, 1.82) is 0 Å². The van der Waals surface area contributed by atoms with Crippen LogP contribution in [0, 0.1) is 17.8 Å². The van der Waals surface area contributed by atoms with Crippen molar-refractivity contribution < 1.29 is 33.3 Å². The number of likely N-dealkylation sites (tertiary alicyclic amines) is 2. The predicted molar refractivity (Wildman–Crippen MR) is 219 cm³/mol. The highest BCUT2D eigenvalue weighted by Gasteiger charge is 2.56. The lowest BCUT2D eigenvalue weighted by atomic mass is 9.90. The van der Waals surface area contributed by atoms with Crippen LogP contribution in [0.1, 0.15) is 76.9 Å². The summed E-state index contributed by atoms with van der Waals surface area (Å²) in [5.74, 6) is 2.04. The quantitative estimate of drug-likeness (QED) is 0.184. The number of aliphatic imine (C=N–C) groups is 1. The van der Waals surface area contributed by atoms with E-state index in [4.69, 9.17) is 28.9 Å². The number of carbonyl (C=O) groups is 3.